The minimum Gasteiger partial charge on any atom is -0.454 e. The molecule has 4 rings (SSSR count). The van der Waals surface area contributed by atoms with E-state index >= 15 is 0 Å². The Hall–Kier alpha value is -2.41. The number of benzene rings is 2. The Morgan fingerprint density at radius 2 is 2.04 bits per heavy atom. The normalized spacial score (nSPS) is 18.0. The molecule has 1 unspecified atom stereocenters. The van der Waals surface area contributed by atoms with Gasteiger partial charge in [0.25, 0.3) is 0 Å². The van der Waals surface area contributed by atoms with Crippen molar-refractivity contribution in [1.29, 1.82) is 0 Å². The predicted octanol–water partition coefficient (Wildman–Crippen LogP) is 3.26. The molecule has 7 heteroatoms. The van der Waals surface area contributed by atoms with E-state index < -0.39 is 0 Å². The number of rotatable bonds is 4. The molecule has 1 atom stereocenters. The minimum absolute atomic E-state index is 0.139. The van der Waals surface area contributed by atoms with E-state index in [9.17, 15) is 4.79 Å². The van der Waals surface area contributed by atoms with Crippen LogP contribution in [0.4, 0.5) is 10.5 Å². The third-order valence-corrected chi connectivity index (χ3v) is 5.16. The van der Waals surface area contributed by atoms with Crippen LogP contribution in [-0.2, 0) is 6.54 Å². The van der Waals surface area contributed by atoms with Crippen LogP contribution in [-0.4, -0.2) is 32.0 Å². The van der Waals surface area contributed by atoms with Crippen molar-refractivity contribution in [1.82, 2.24) is 10.6 Å². The highest BCUT2D eigenvalue weighted by Crippen LogP contribution is 2.35. The molecule has 6 nitrogen and oxygen atoms in total. The van der Waals surface area contributed by atoms with Crippen LogP contribution >= 0.6 is 15.9 Å². The van der Waals surface area contributed by atoms with Crippen LogP contribution in [0.1, 0.15) is 12.0 Å². The molecule has 2 amide bonds. The van der Waals surface area contributed by atoms with E-state index in [4.69, 9.17) is 9.47 Å². The van der Waals surface area contributed by atoms with Gasteiger partial charge in [0.1, 0.15) is 0 Å². The Morgan fingerprint density at radius 3 is 2.88 bits per heavy atom. The smallest absolute Gasteiger partial charge is 0.315 e. The fourth-order valence-corrected chi connectivity index (χ4v) is 3.57. The third-order valence-electron chi connectivity index (χ3n) is 4.63. The van der Waals surface area contributed by atoms with Crippen molar-refractivity contribution < 1.29 is 14.3 Å². The lowest BCUT2D eigenvalue weighted by Crippen LogP contribution is -2.43. The summed E-state index contributed by atoms with van der Waals surface area (Å²) in [6.45, 7) is 2.38. The summed E-state index contributed by atoms with van der Waals surface area (Å²) in [4.78, 5) is 14.5. The van der Waals surface area contributed by atoms with Gasteiger partial charge in [-0.2, -0.15) is 0 Å². The molecule has 1 fully saturated rings. The Balaban J connectivity index is 1.28. The summed E-state index contributed by atoms with van der Waals surface area (Å²) in [5.41, 5.74) is 2.09. The maximum Gasteiger partial charge on any atom is 0.315 e. The molecule has 2 N–H and O–H groups in total. The number of nitrogens with zero attached hydrogens (tertiary/aromatic N) is 1. The Labute approximate surface area is 160 Å². The second-order valence-corrected chi connectivity index (χ2v) is 7.30. The van der Waals surface area contributed by atoms with Gasteiger partial charge < -0.3 is 25.0 Å². The lowest BCUT2D eigenvalue weighted by atomic mass is 10.2. The second-order valence-electron chi connectivity index (χ2n) is 6.39. The number of halogens is 1. The Bertz CT molecular complexity index is 797. The first-order chi connectivity index (χ1) is 12.7. The standard InChI is InChI=1S/C19H20BrN3O3/c20-14-4-6-16(7-5-14)23-9-8-15(11-23)22-19(24)21-10-13-2-1-3-17-18(13)26-12-25-17/h1-7,15H,8-12H2,(H2,21,22,24). The van der Waals surface area contributed by atoms with Crippen LogP contribution in [0.25, 0.3) is 0 Å². The van der Waals surface area contributed by atoms with Crippen molar-refractivity contribution in [3.8, 4) is 11.5 Å². The molecule has 136 valence electrons. The SMILES string of the molecule is O=C(NCc1cccc2c1OCO2)NC1CCN(c2ccc(Br)cc2)C1. The summed E-state index contributed by atoms with van der Waals surface area (Å²) in [6.07, 6.45) is 0.932. The number of fused-ring (bicyclic) bond motifs is 1. The van der Waals surface area contributed by atoms with Gasteiger partial charge in [0, 0.05) is 41.4 Å². The first-order valence-electron chi connectivity index (χ1n) is 8.61. The van der Waals surface area contributed by atoms with Crippen LogP contribution in [0.3, 0.4) is 0 Å². The molecular weight excluding hydrogens is 398 g/mol. The van der Waals surface area contributed by atoms with E-state index in [0.29, 0.717) is 6.54 Å². The van der Waals surface area contributed by atoms with Gasteiger partial charge in [-0.3, -0.25) is 0 Å². The number of carbonyl (C=O) groups is 1. The molecule has 0 bridgehead atoms. The van der Waals surface area contributed by atoms with Crippen molar-refractivity contribution in [2.75, 3.05) is 24.8 Å². The lowest BCUT2D eigenvalue weighted by molar-refractivity contribution is 0.173. The molecule has 0 spiro atoms. The number of carbonyl (C=O) groups excluding carboxylic acids is 1. The Morgan fingerprint density at radius 1 is 1.19 bits per heavy atom. The number of hydrogen-bond donors (Lipinski definition) is 2. The van der Waals surface area contributed by atoms with E-state index in [1.807, 2.05) is 30.3 Å². The zero-order valence-electron chi connectivity index (χ0n) is 14.2. The number of nitrogens with one attached hydrogen (secondary N) is 2. The minimum atomic E-state index is -0.163. The van der Waals surface area contributed by atoms with Crippen molar-refractivity contribution in [2.45, 2.75) is 19.0 Å². The molecular formula is C19H20BrN3O3. The monoisotopic (exact) mass is 417 g/mol. The van der Waals surface area contributed by atoms with Crippen molar-refractivity contribution in [3.05, 3.63) is 52.5 Å². The number of anilines is 1. The highest BCUT2D eigenvalue weighted by atomic mass is 79.9. The average molecular weight is 418 g/mol. The second kappa shape index (κ2) is 7.45. The molecule has 2 aliphatic heterocycles. The largest absolute Gasteiger partial charge is 0.454 e. The number of hydrogen-bond acceptors (Lipinski definition) is 4. The average Bonchev–Trinajstić information content (AvgIpc) is 3.30. The highest BCUT2D eigenvalue weighted by Gasteiger charge is 2.24. The summed E-state index contributed by atoms with van der Waals surface area (Å²) >= 11 is 3.45. The number of ether oxygens (including phenoxy) is 2. The predicted molar refractivity (Wildman–Crippen MR) is 103 cm³/mol. The van der Waals surface area contributed by atoms with Crippen LogP contribution in [0.15, 0.2) is 46.9 Å². The van der Waals surface area contributed by atoms with Crippen molar-refractivity contribution in [2.24, 2.45) is 0 Å². The molecule has 0 radical (unpaired) electrons. The maximum absolute atomic E-state index is 12.2. The fraction of sp³-hybridized carbons (Fsp3) is 0.316. The van der Waals surface area contributed by atoms with Gasteiger partial charge in [-0.25, -0.2) is 4.79 Å². The highest BCUT2D eigenvalue weighted by molar-refractivity contribution is 9.10. The quantitative estimate of drug-likeness (QED) is 0.801. The van der Waals surface area contributed by atoms with Crippen LogP contribution in [0, 0.1) is 0 Å². The zero-order valence-corrected chi connectivity index (χ0v) is 15.8. The summed E-state index contributed by atoms with van der Waals surface area (Å²) in [6, 6.07) is 13.9. The molecule has 2 aromatic rings. The first-order valence-corrected chi connectivity index (χ1v) is 9.41. The van der Waals surface area contributed by atoms with Gasteiger partial charge in [-0.15, -0.1) is 0 Å². The summed E-state index contributed by atoms with van der Waals surface area (Å²) in [7, 11) is 0. The van der Waals surface area contributed by atoms with Gasteiger partial charge in [0.2, 0.25) is 6.79 Å². The fourth-order valence-electron chi connectivity index (χ4n) is 3.31. The van der Waals surface area contributed by atoms with Crippen molar-refractivity contribution >= 4 is 27.6 Å². The lowest BCUT2D eigenvalue weighted by Gasteiger charge is -2.19. The van der Waals surface area contributed by atoms with E-state index in [1.165, 1.54) is 5.69 Å². The molecule has 2 aliphatic rings. The van der Waals surface area contributed by atoms with Gasteiger partial charge in [-0.05, 0) is 36.8 Å². The van der Waals surface area contributed by atoms with Crippen molar-refractivity contribution in [3.63, 3.8) is 0 Å². The number of urea groups is 1. The van der Waals surface area contributed by atoms with Crippen LogP contribution < -0.4 is 25.0 Å². The number of amides is 2. The molecule has 0 saturated carbocycles. The van der Waals surface area contributed by atoms with E-state index in [1.54, 1.807) is 0 Å². The van der Waals surface area contributed by atoms with Gasteiger partial charge >= 0.3 is 6.03 Å². The van der Waals surface area contributed by atoms with E-state index in [-0.39, 0.29) is 18.9 Å². The molecule has 0 aromatic heterocycles. The summed E-state index contributed by atoms with van der Waals surface area (Å²) in [5, 5.41) is 5.96. The van der Waals surface area contributed by atoms with E-state index in [0.717, 1.165) is 41.0 Å². The number of para-hydroxylation sites is 1. The van der Waals surface area contributed by atoms with Crippen LogP contribution in [0.2, 0.25) is 0 Å². The Kier molecular flexibility index (Phi) is 4.88. The molecule has 2 heterocycles. The molecule has 0 aliphatic carbocycles. The van der Waals surface area contributed by atoms with Gasteiger partial charge in [0.15, 0.2) is 11.5 Å². The van der Waals surface area contributed by atoms with E-state index in [2.05, 4.69) is 43.6 Å². The first kappa shape index (κ1) is 17.0. The summed E-state index contributed by atoms with van der Waals surface area (Å²) < 4.78 is 11.9. The molecule has 2 aromatic carbocycles. The summed E-state index contributed by atoms with van der Waals surface area (Å²) in [5.74, 6) is 1.45. The van der Waals surface area contributed by atoms with Gasteiger partial charge in [-0.1, -0.05) is 28.1 Å². The third kappa shape index (κ3) is 3.72. The topological polar surface area (TPSA) is 62.8 Å². The zero-order chi connectivity index (χ0) is 17.9. The molecule has 1 saturated heterocycles. The maximum atomic E-state index is 12.2. The molecule has 26 heavy (non-hydrogen) atoms. The van der Waals surface area contributed by atoms with Gasteiger partial charge in [0.05, 0.1) is 0 Å². The van der Waals surface area contributed by atoms with Crippen LogP contribution in [0.5, 0.6) is 11.5 Å².